The van der Waals surface area contributed by atoms with Crippen molar-refractivity contribution in [2.24, 2.45) is 0 Å². The Morgan fingerprint density at radius 3 is 2.43 bits per heavy atom. The average molecular weight is 391 g/mol. The van der Waals surface area contributed by atoms with E-state index in [1.54, 1.807) is 14.2 Å². The highest BCUT2D eigenvalue weighted by molar-refractivity contribution is 5.97. The molecule has 0 fully saturated rings. The number of carbonyl (C=O) groups is 1. The maximum atomic E-state index is 12.2. The molecule has 8 heteroatoms. The molecule has 0 unspecified atom stereocenters. The third-order valence-corrected chi connectivity index (χ3v) is 3.75. The first-order valence-electron chi connectivity index (χ1n) is 9.15. The standard InChI is InChI=1S/C20H29N3O5/c1-5-27-19(28-6-2)14-22-13-16(12-21)20(24)23-10-9-15-7-8-17(25-3)18(11-15)26-4/h7-8,11,13,19,22H,5-6,9-10,14H2,1-4H3,(H,23,24)/b16-13-. The van der Waals surface area contributed by atoms with Crippen LogP contribution in [0.5, 0.6) is 11.5 Å². The van der Waals surface area contributed by atoms with Crippen molar-refractivity contribution < 1.29 is 23.7 Å². The normalized spacial score (nSPS) is 11.1. The van der Waals surface area contributed by atoms with Crippen LogP contribution in [-0.4, -0.2) is 52.7 Å². The molecule has 0 aliphatic heterocycles. The maximum Gasteiger partial charge on any atom is 0.263 e. The number of nitrogens with zero attached hydrogens (tertiary/aromatic N) is 1. The molecule has 0 aliphatic rings. The molecular formula is C20H29N3O5. The van der Waals surface area contributed by atoms with Gasteiger partial charge in [-0.05, 0) is 38.0 Å². The molecule has 0 saturated heterocycles. The van der Waals surface area contributed by atoms with Crippen LogP contribution < -0.4 is 20.1 Å². The van der Waals surface area contributed by atoms with Crippen molar-refractivity contribution in [3.63, 3.8) is 0 Å². The predicted octanol–water partition coefficient (Wildman–Crippen LogP) is 1.76. The fourth-order valence-electron chi connectivity index (χ4n) is 2.40. The zero-order valence-electron chi connectivity index (χ0n) is 16.9. The number of hydrogen-bond acceptors (Lipinski definition) is 7. The number of carbonyl (C=O) groups excluding carboxylic acids is 1. The summed E-state index contributed by atoms with van der Waals surface area (Å²) in [5, 5.41) is 14.8. The number of benzene rings is 1. The molecule has 8 nitrogen and oxygen atoms in total. The SMILES string of the molecule is CCOC(CN/C=C(/C#N)C(=O)NCCc1ccc(OC)c(OC)c1)OCC. The smallest absolute Gasteiger partial charge is 0.263 e. The van der Waals surface area contributed by atoms with Gasteiger partial charge in [0.1, 0.15) is 11.6 Å². The van der Waals surface area contributed by atoms with E-state index in [0.717, 1.165) is 5.56 Å². The van der Waals surface area contributed by atoms with Gasteiger partial charge >= 0.3 is 0 Å². The highest BCUT2D eigenvalue weighted by atomic mass is 16.7. The molecule has 0 atom stereocenters. The van der Waals surface area contributed by atoms with E-state index in [-0.39, 0.29) is 5.57 Å². The molecule has 0 aliphatic carbocycles. The van der Waals surface area contributed by atoms with Crippen LogP contribution in [0.15, 0.2) is 30.0 Å². The number of rotatable bonds is 13. The molecule has 0 heterocycles. The summed E-state index contributed by atoms with van der Waals surface area (Å²) in [5.74, 6) is 0.833. The van der Waals surface area contributed by atoms with E-state index < -0.39 is 12.2 Å². The van der Waals surface area contributed by atoms with Crippen LogP contribution in [0, 0.1) is 11.3 Å². The van der Waals surface area contributed by atoms with E-state index in [1.165, 1.54) is 6.20 Å². The van der Waals surface area contributed by atoms with E-state index >= 15 is 0 Å². The summed E-state index contributed by atoms with van der Waals surface area (Å²) < 4.78 is 21.2. The average Bonchev–Trinajstić information content (AvgIpc) is 2.71. The molecule has 0 aromatic heterocycles. The summed E-state index contributed by atoms with van der Waals surface area (Å²) >= 11 is 0. The molecule has 154 valence electrons. The first kappa shape index (κ1) is 23.3. The number of nitriles is 1. The molecule has 0 spiro atoms. The zero-order chi connectivity index (χ0) is 20.8. The summed E-state index contributed by atoms with van der Waals surface area (Å²) in [6, 6.07) is 7.46. The van der Waals surface area contributed by atoms with Gasteiger partial charge in [-0.1, -0.05) is 6.07 Å². The van der Waals surface area contributed by atoms with Gasteiger partial charge in [-0.2, -0.15) is 5.26 Å². The van der Waals surface area contributed by atoms with Crippen LogP contribution in [0.2, 0.25) is 0 Å². The van der Waals surface area contributed by atoms with Crippen molar-refractivity contribution in [1.29, 1.82) is 5.26 Å². The Morgan fingerprint density at radius 2 is 1.86 bits per heavy atom. The van der Waals surface area contributed by atoms with Crippen LogP contribution >= 0.6 is 0 Å². The van der Waals surface area contributed by atoms with Crippen LogP contribution in [0.3, 0.4) is 0 Å². The molecule has 1 aromatic rings. The summed E-state index contributed by atoms with van der Waals surface area (Å²) in [5.41, 5.74) is 0.967. The zero-order valence-corrected chi connectivity index (χ0v) is 16.9. The summed E-state index contributed by atoms with van der Waals surface area (Å²) in [6.45, 7) is 5.48. The van der Waals surface area contributed by atoms with Crippen molar-refractivity contribution in [1.82, 2.24) is 10.6 Å². The minimum absolute atomic E-state index is 0.0148. The van der Waals surface area contributed by atoms with Crippen molar-refractivity contribution in [2.75, 3.05) is 40.5 Å². The lowest BCUT2D eigenvalue weighted by Crippen LogP contribution is -2.31. The lowest BCUT2D eigenvalue weighted by Gasteiger charge is -2.16. The Balaban J connectivity index is 2.52. The maximum absolute atomic E-state index is 12.2. The second-order valence-corrected chi connectivity index (χ2v) is 5.61. The van der Waals surface area contributed by atoms with Gasteiger partial charge in [0.2, 0.25) is 0 Å². The van der Waals surface area contributed by atoms with Crippen LogP contribution in [0.4, 0.5) is 0 Å². The second-order valence-electron chi connectivity index (χ2n) is 5.61. The second kappa shape index (κ2) is 13.4. The molecule has 1 aromatic carbocycles. The molecule has 0 radical (unpaired) electrons. The first-order valence-corrected chi connectivity index (χ1v) is 9.15. The third-order valence-electron chi connectivity index (χ3n) is 3.75. The van der Waals surface area contributed by atoms with Gasteiger partial charge in [0.15, 0.2) is 17.8 Å². The summed E-state index contributed by atoms with van der Waals surface area (Å²) in [6.07, 6.45) is 1.53. The van der Waals surface area contributed by atoms with E-state index in [2.05, 4.69) is 10.6 Å². The Morgan fingerprint density at radius 1 is 1.18 bits per heavy atom. The highest BCUT2D eigenvalue weighted by Crippen LogP contribution is 2.27. The third kappa shape index (κ3) is 7.86. The topological polar surface area (TPSA) is 102 Å². The number of nitrogens with one attached hydrogen (secondary N) is 2. The van der Waals surface area contributed by atoms with Gasteiger partial charge in [-0.25, -0.2) is 0 Å². The molecule has 0 bridgehead atoms. The van der Waals surface area contributed by atoms with Gasteiger partial charge in [-0.15, -0.1) is 0 Å². The van der Waals surface area contributed by atoms with Gasteiger partial charge < -0.3 is 29.6 Å². The molecule has 1 amide bonds. The van der Waals surface area contributed by atoms with E-state index in [1.807, 2.05) is 38.1 Å². The Hall–Kier alpha value is -2.76. The van der Waals surface area contributed by atoms with Crippen LogP contribution in [0.1, 0.15) is 19.4 Å². The van der Waals surface area contributed by atoms with E-state index in [9.17, 15) is 10.1 Å². The Bertz CT molecular complexity index is 679. The minimum atomic E-state index is -0.445. The van der Waals surface area contributed by atoms with Gasteiger partial charge in [0.05, 0.1) is 20.8 Å². The lowest BCUT2D eigenvalue weighted by molar-refractivity contribution is -0.131. The number of amides is 1. The Kier molecular flexibility index (Phi) is 11.2. The summed E-state index contributed by atoms with van der Waals surface area (Å²) in [7, 11) is 3.15. The molecule has 0 saturated carbocycles. The molecular weight excluding hydrogens is 362 g/mol. The lowest BCUT2D eigenvalue weighted by atomic mass is 10.1. The Labute approximate surface area is 166 Å². The number of methoxy groups -OCH3 is 2. The molecule has 28 heavy (non-hydrogen) atoms. The molecule has 2 N–H and O–H groups in total. The van der Waals surface area contributed by atoms with Crippen molar-refractivity contribution in [2.45, 2.75) is 26.6 Å². The minimum Gasteiger partial charge on any atom is -0.493 e. The van der Waals surface area contributed by atoms with Gasteiger partial charge in [0.25, 0.3) is 5.91 Å². The van der Waals surface area contributed by atoms with E-state index in [0.29, 0.717) is 44.2 Å². The first-order chi connectivity index (χ1) is 13.6. The van der Waals surface area contributed by atoms with Crippen LogP contribution in [0.25, 0.3) is 0 Å². The highest BCUT2D eigenvalue weighted by Gasteiger charge is 2.11. The van der Waals surface area contributed by atoms with Gasteiger partial charge in [0, 0.05) is 26.0 Å². The molecule has 1 rings (SSSR count). The number of hydrogen-bond donors (Lipinski definition) is 2. The van der Waals surface area contributed by atoms with Crippen molar-refractivity contribution >= 4 is 5.91 Å². The summed E-state index contributed by atoms with van der Waals surface area (Å²) in [4.78, 5) is 12.2. The number of ether oxygens (including phenoxy) is 4. The monoisotopic (exact) mass is 391 g/mol. The fraction of sp³-hybridized carbons (Fsp3) is 0.500. The largest absolute Gasteiger partial charge is 0.493 e. The fourth-order valence-corrected chi connectivity index (χ4v) is 2.40. The van der Waals surface area contributed by atoms with Crippen molar-refractivity contribution in [3.05, 3.63) is 35.5 Å². The predicted molar refractivity (Wildman–Crippen MR) is 105 cm³/mol. The quantitative estimate of drug-likeness (QED) is 0.300. The van der Waals surface area contributed by atoms with Gasteiger partial charge in [-0.3, -0.25) is 4.79 Å². The van der Waals surface area contributed by atoms with Crippen molar-refractivity contribution in [3.8, 4) is 17.6 Å². The van der Waals surface area contributed by atoms with Crippen LogP contribution in [-0.2, 0) is 20.7 Å². The van der Waals surface area contributed by atoms with E-state index in [4.69, 9.17) is 18.9 Å².